The molecule has 0 saturated heterocycles. The van der Waals surface area contributed by atoms with Crippen molar-refractivity contribution >= 4 is 18.0 Å². The fourth-order valence-corrected chi connectivity index (χ4v) is 3.15. The molecule has 1 fully saturated rings. The van der Waals surface area contributed by atoms with Gasteiger partial charge in [0.2, 0.25) is 0 Å². The van der Waals surface area contributed by atoms with Crippen LogP contribution >= 0.6 is 0 Å². The van der Waals surface area contributed by atoms with Gasteiger partial charge in [-0.3, -0.25) is 4.79 Å². The first kappa shape index (κ1) is 18.2. The number of esters is 1. The standard InChI is InChI=1S/C20H27NO3/c1-14-8-6-10-18(16(14)3)21-19(22)13-24-20(23)12-11-17-9-5-4-7-15(17)2/h4-5,7,9,11-12,14,16,18H,6,8,10,13H2,1-3H3,(H,21,22)/b12-11+/t14-,16+,18-/m1/s1. The van der Waals surface area contributed by atoms with E-state index in [2.05, 4.69) is 19.2 Å². The lowest BCUT2D eigenvalue weighted by Gasteiger charge is -2.34. The molecule has 1 amide bonds. The number of benzene rings is 1. The SMILES string of the molecule is Cc1ccccc1/C=C/C(=O)OCC(=O)N[C@@H]1CCC[C@@H](C)[C@@H]1C. The van der Waals surface area contributed by atoms with E-state index in [1.807, 2.05) is 31.2 Å². The van der Waals surface area contributed by atoms with Crippen molar-refractivity contribution < 1.29 is 14.3 Å². The zero-order valence-corrected chi connectivity index (χ0v) is 14.7. The maximum Gasteiger partial charge on any atom is 0.331 e. The van der Waals surface area contributed by atoms with Gasteiger partial charge in [0, 0.05) is 12.1 Å². The van der Waals surface area contributed by atoms with Crippen molar-refractivity contribution in [1.29, 1.82) is 0 Å². The molecule has 4 nitrogen and oxygen atoms in total. The molecule has 2 rings (SSSR count). The third-order valence-corrected chi connectivity index (χ3v) is 4.99. The number of nitrogens with one attached hydrogen (secondary N) is 1. The molecule has 1 aromatic rings. The predicted octanol–water partition coefficient (Wildman–Crippen LogP) is 3.49. The molecule has 0 aromatic heterocycles. The van der Waals surface area contributed by atoms with E-state index in [1.54, 1.807) is 6.08 Å². The molecule has 0 spiro atoms. The summed E-state index contributed by atoms with van der Waals surface area (Å²) in [5.41, 5.74) is 2.05. The van der Waals surface area contributed by atoms with Crippen molar-refractivity contribution in [3.8, 4) is 0 Å². The summed E-state index contributed by atoms with van der Waals surface area (Å²) in [5, 5.41) is 3.00. The number of hydrogen-bond acceptors (Lipinski definition) is 3. The quantitative estimate of drug-likeness (QED) is 0.664. The summed E-state index contributed by atoms with van der Waals surface area (Å²) in [6.07, 6.45) is 6.42. The Labute approximate surface area is 144 Å². The van der Waals surface area contributed by atoms with Crippen LogP contribution in [0.5, 0.6) is 0 Å². The van der Waals surface area contributed by atoms with E-state index in [1.165, 1.54) is 12.5 Å². The Bertz CT molecular complexity index is 609. The van der Waals surface area contributed by atoms with Crippen molar-refractivity contribution in [2.75, 3.05) is 6.61 Å². The number of carbonyl (C=O) groups excluding carboxylic acids is 2. The average Bonchev–Trinajstić information content (AvgIpc) is 2.56. The number of rotatable bonds is 5. The van der Waals surface area contributed by atoms with E-state index in [0.29, 0.717) is 11.8 Å². The topological polar surface area (TPSA) is 55.4 Å². The molecule has 1 saturated carbocycles. The molecule has 130 valence electrons. The van der Waals surface area contributed by atoms with Gasteiger partial charge in [-0.15, -0.1) is 0 Å². The maximum atomic E-state index is 12.0. The molecule has 0 heterocycles. The molecular formula is C20H27NO3. The van der Waals surface area contributed by atoms with E-state index in [9.17, 15) is 9.59 Å². The van der Waals surface area contributed by atoms with Crippen molar-refractivity contribution in [2.45, 2.75) is 46.1 Å². The summed E-state index contributed by atoms with van der Waals surface area (Å²) in [7, 11) is 0. The third-order valence-electron chi connectivity index (χ3n) is 4.99. The summed E-state index contributed by atoms with van der Waals surface area (Å²) in [4.78, 5) is 23.7. The van der Waals surface area contributed by atoms with Crippen LogP contribution in [-0.4, -0.2) is 24.5 Å². The highest BCUT2D eigenvalue weighted by atomic mass is 16.5. The van der Waals surface area contributed by atoms with Crippen LogP contribution in [-0.2, 0) is 14.3 Å². The van der Waals surface area contributed by atoms with Crippen LogP contribution in [0.1, 0.15) is 44.2 Å². The Hall–Kier alpha value is -2.10. The first-order chi connectivity index (χ1) is 11.5. The largest absolute Gasteiger partial charge is 0.452 e. The highest BCUT2D eigenvalue weighted by molar-refractivity contribution is 5.89. The van der Waals surface area contributed by atoms with E-state index in [0.717, 1.165) is 24.0 Å². The molecule has 0 unspecified atom stereocenters. The Morgan fingerprint density at radius 3 is 2.75 bits per heavy atom. The van der Waals surface area contributed by atoms with Gasteiger partial charge in [0.05, 0.1) is 0 Å². The molecule has 4 heteroatoms. The van der Waals surface area contributed by atoms with Gasteiger partial charge in [0.15, 0.2) is 6.61 Å². The molecule has 1 aromatic carbocycles. The van der Waals surface area contributed by atoms with Crippen LogP contribution in [0.4, 0.5) is 0 Å². The second kappa shape index (κ2) is 8.67. The Morgan fingerprint density at radius 2 is 2.00 bits per heavy atom. The van der Waals surface area contributed by atoms with Gasteiger partial charge < -0.3 is 10.1 Å². The number of ether oxygens (including phenoxy) is 1. The molecular weight excluding hydrogens is 302 g/mol. The fraction of sp³-hybridized carbons (Fsp3) is 0.500. The van der Waals surface area contributed by atoms with Crippen molar-refractivity contribution in [1.82, 2.24) is 5.32 Å². The zero-order valence-electron chi connectivity index (χ0n) is 14.7. The van der Waals surface area contributed by atoms with Crippen LogP contribution < -0.4 is 5.32 Å². The average molecular weight is 329 g/mol. The van der Waals surface area contributed by atoms with Gasteiger partial charge in [0.25, 0.3) is 5.91 Å². The molecule has 1 N–H and O–H groups in total. The first-order valence-corrected chi connectivity index (χ1v) is 8.67. The third kappa shape index (κ3) is 5.22. The lowest BCUT2D eigenvalue weighted by molar-refractivity contribution is -0.144. The van der Waals surface area contributed by atoms with Crippen molar-refractivity contribution in [3.63, 3.8) is 0 Å². The van der Waals surface area contributed by atoms with Crippen LogP contribution in [0.25, 0.3) is 6.08 Å². The van der Waals surface area contributed by atoms with Crippen molar-refractivity contribution in [3.05, 3.63) is 41.5 Å². The molecule has 0 bridgehead atoms. The molecule has 1 aliphatic rings. The lowest BCUT2D eigenvalue weighted by Crippen LogP contribution is -2.45. The van der Waals surface area contributed by atoms with Gasteiger partial charge >= 0.3 is 5.97 Å². The van der Waals surface area contributed by atoms with Crippen LogP contribution in [0, 0.1) is 18.8 Å². The van der Waals surface area contributed by atoms with Gasteiger partial charge in [-0.25, -0.2) is 4.79 Å². The van der Waals surface area contributed by atoms with Gasteiger partial charge in [-0.2, -0.15) is 0 Å². The minimum atomic E-state index is -0.501. The van der Waals surface area contributed by atoms with Gasteiger partial charge in [-0.05, 0) is 42.4 Å². The Kier molecular flexibility index (Phi) is 6.59. The van der Waals surface area contributed by atoms with Crippen LogP contribution in [0.2, 0.25) is 0 Å². The first-order valence-electron chi connectivity index (χ1n) is 8.67. The highest BCUT2D eigenvalue weighted by Crippen LogP contribution is 2.29. The van der Waals surface area contributed by atoms with Gasteiger partial charge in [0.1, 0.15) is 0 Å². The molecule has 0 radical (unpaired) electrons. The fourth-order valence-electron chi connectivity index (χ4n) is 3.15. The lowest BCUT2D eigenvalue weighted by atomic mass is 9.78. The second-order valence-electron chi connectivity index (χ2n) is 6.74. The minimum absolute atomic E-state index is 0.183. The Morgan fingerprint density at radius 1 is 1.25 bits per heavy atom. The van der Waals surface area contributed by atoms with E-state index in [4.69, 9.17) is 4.74 Å². The van der Waals surface area contributed by atoms with Crippen LogP contribution in [0.3, 0.4) is 0 Å². The number of amides is 1. The second-order valence-corrected chi connectivity index (χ2v) is 6.74. The zero-order chi connectivity index (χ0) is 17.5. The Balaban J connectivity index is 1.77. The summed E-state index contributed by atoms with van der Waals surface area (Å²) in [6, 6.07) is 7.95. The maximum absolute atomic E-state index is 12.0. The number of aryl methyl sites for hydroxylation is 1. The molecule has 1 aliphatic carbocycles. The molecule has 24 heavy (non-hydrogen) atoms. The molecule has 3 atom stereocenters. The van der Waals surface area contributed by atoms with E-state index in [-0.39, 0.29) is 18.6 Å². The number of hydrogen-bond donors (Lipinski definition) is 1. The monoisotopic (exact) mass is 329 g/mol. The summed E-state index contributed by atoms with van der Waals surface area (Å²) >= 11 is 0. The van der Waals surface area contributed by atoms with Crippen molar-refractivity contribution in [2.24, 2.45) is 11.8 Å². The highest BCUT2D eigenvalue weighted by Gasteiger charge is 2.28. The summed E-state index contributed by atoms with van der Waals surface area (Å²) < 4.78 is 5.03. The summed E-state index contributed by atoms with van der Waals surface area (Å²) in [6.45, 7) is 6.14. The smallest absolute Gasteiger partial charge is 0.331 e. The normalized spacial score (nSPS) is 23.9. The number of carbonyl (C=O) groups is 2. The minimum Gasteiger partial charge on any atom is -0.452 e. The molecule has 0 aliphatic heterocycles. The van der Waals surface area contributed by atoms with E-state index < -0.39 is 5.97 Å². The van der Waals surface area contributed by atoms with Gasteiger partial charge in [-0.1, -0.05) is 51.0 Å². The van der Waals surface area contributed by atoms with Crippen LogP contribution in [0.15, 0.2) is 30.3 Å². The van der Waals surface area contributed by atoms with E-state index >= 15 is 0 Å². The predicted molar refractivity (Wildman–Crippen MR) is 95.3 cm³/mol. The summed E-state index contributed by atoms with van der Waals surface area (Å²) in [5.74, 6) is 0.347.